The second-order valence-electron chi connectivity index (χ2n) is 5.86. The van der Waals surface area contributed by atoms with Crippen LogP contribution in [0, 0.1) is 25.7 Å². The van der Waals surface area contributed by atoms with Crippen LogP contribution in [0.3, 0.4) is 0 Å². The zero-order valence-corrected chi connectivity index (χ0v) is 12.7. The molecule has 106 valence electrons. The maximum absolute atomic E-state index is 12.3. The van der Waals surface area contributed by atoms with E-state index in [1.807, 2.05) is 26.0 Å². The second-order valence-corrected chi connectivity index (χ2v) is 5.86. The highest BCUT2D eigenvalue weighted by Gasteiger charge is 2.16. The van der Waals surface area contributed by atoms with Crippen LogP contribution in [0.25, 0.3) is 0 Å². The molecule has 0 aliphatic heterocycles. The molecule has 0 spiro atoms. The predicted molar refractivity (Wildman–Crippen MR) is 81.5 cm³/mol. The average molecular weight is 261 g/mol. The third-order valence-electron chi connectivity index (χ3n) is 3.92. The van der Waals surface area contributed by atoms with Crippen molar-refractivity contribution in [3.8, 4) is 0 Å². The molecule has 0 bridgehead atoms. The van der Waals surface area contributed by atoms with Crippen molar-refractivity contribution in [1.29, 1.82) is 0 Å². The molecule has 0 amide bonds. The van der Waals surface area contributed by atoms with E-state index in [2.05, 4.69) is 19.9 Å². The first-order chi connectivity index (χ1) is 8.95. The highest BCUT2D eigenvalue weighted by atomic mass is 16.1. The molecule has 1 unspecified atom stereocenters. The number of aryl methyl sites for hydroxylation is 2. The number of carbonyl (C=O) groups excluding carboxylic acids is 1. The van der Waals surface area contributed by atoms with Gasteiger partial charge in [-0.15, -0.1) is 0 Å². The number of Topliss-reactive ketones (excluding diaryl/α,β-unsaturated/α-hetero) is 1. The molecule has 1 aromatic carbocycles. The Kier molecular flexibility index (Phi) is 6.23. The van der Waals surface area contributed by atoms with Gasteiger partial charge in [-0.05, 0) is 56.7 Å². The van der Waals surface area contributed by atoms with E-state index in [4.69, 9.17) is 5.73 Å². The summed E-state index contributed by atoms with van der Waals surface area (Å²) in [5.41, 5.74) is 8.76. The Hall–Kier alpha value is -1.15. The van der Waals surface area contributed by atoms with Crippen LogP contribution in [0.1, 0.15) is 54.6 Å². The van der Waals surface area contributed by atoms with Crippen LogP contribution >= 0.6 is 0 Å². The van der Waals surface area contributed by atoms with Gasteiger partial charge in [-0.2, -0.15) is 0 Å². The number of carbonyl (C=O) groups is 1. The Labute approximate surface area is 117 Å². The standard InChI is InChI=1S/C17H27NO/c1-12(2)15(9-10-18)7-8-17(19)16-11-13(3)5-6-14(16)4/h5-6,11-12,15H,7-10,18H2,1-4H3. The summed E-state index contributed by atoms with van der Waals surface area (Å²) in [4.78, 5) is 12.3. The topological polar surface area (TPSA) is 43.1 Å². The summed E-state index contributed by atoms with van der Waals surface area (Å²) in [6.07, 6.45) is 2.59. The fourth-order valence-electron chi connectivity index (χ4n) is 2.51. The highest BCUT2D eigenvalue weighted by Crippen LogP contribution is 2.22. The van der Waals surface area contributed by atoms with Crippen molar-refractivity contribution < 1.29 is 4.79 Å². The number of rotatable bonds is 7. The molecule has 0 heterocycles. The summed E-state index contributed by atoms with van der Waals surface area (Å²) in [5, 5.41) is 0. The molecule has 1 atom stereocenters. The Bertz CT molecular complexity index is 423. The van der Waals surface area contributed by atoms with Gasteiger partial charge >= 0.3 is 0 Å². The Morgan fingerprint density at radius 2 is 1.89 bits per heavy atom. The molecule has 2 N–H and O–H groups in total. The zero-order chi connectivity index (χ0) is 14.4. The molecule has 2 nitrogen and oxygen atoms in total. The molecule has 1 rings (SSSR count). The Balaban J connectivity index is 2.66. The van der Waals surface area contributed by atoms with E-state index in [0.29, 0.717) is 24.8 Å². The van der Waals surface area contributed by atoms with E-state index < -0.39 is 0 Å². The first-order valence-corrected chi connectivity index (χ1v) is 7.26. The molecule has 19 heavy (non-hydrogen) atoms. The molecule has 0 radical (unpaired) electrons. The predicted octanol–water partition coefficient (Wildman–Crippen LogP) is 3.89. The lowest BCUT2D eigenvalue weighted by molar-refractivity contribution is 0.0968. The van der Waals surface area contributed by atoms with E-state index in [-0.39, 0.29) is 5.78 Å². The van der Waals surface area contributed by atoms with Gasteiger partial charge < -0.3 is 5.73 Å². The van der Waals surface area contributed by atoms with Crippen LogP contribution in [0.4, 0.5) is 0 Å². The molecule has 0 aliphatic carbocycles. The lowest BCUT2D eigenvalue weighted by atomic mass is 9.86. The largest absolute Gasteiger partial charge is 0.330 e. The molecule has 2 heteroatoms. The third-order valence-corrected chi connectivity index (χ3v) is 3.92. The summed E-state index contributed by atoms with van der Waals surface area (Å²) >= 11 is 0. The van der Waals surface area contributed by atoms with Gasteiger partial charge in [0, 0.05) is 12.0 Å². The van der Waals surface area contributed by atoms with Crippen molar-refractivity contribution in [1.82, 2.24) is 0 Å². The zero-order valence-electron chi connectivity index (χ0n) is 12.7. The molecule has 0 aliphatic rings. The summed E-state index contributed by atoms with van der Waals surface area (Å²) in [6, 6.07) is 6.09. The van der Waals surface area contributed by atoms with E-state index in [9.17, 15) is 4.79 Å². The van der Waals surface area contributed by atoms with Crippen LogP contribution in [0.15, 0.2) is 18.2 Å². The van der Waals surface area contributed by atoms with Crippen LogP contribution < -0.4 is 5.73 Å². The van der Waals surface area contributed by atoms with E-state index in [1.165, 1.54) is 0 Å². The Morgan fingerprint density at radius 1 is 1.21 bits per heavy atom. The van der Waals surface area contributed by atoms with Crippen LogP contribution in [0.2, 0.25) is 0 Å². The van der Waals surface area contributed by atoms with Crippen LogP contribution in [0.5, 0.6) is 0 Å². The van der Waals surface area contributed by atoms with Crippen molar-refractivity contribution in [3.63, 3.8) is 0 Å². The minimum atomic E-state index is 0.267. The van der Waals surface area contributed by atoms with E-state index in [0.717, 1.165) is 29.5 Å². The van der Waals surface area contributed by atoms with Gasteiger partial charge in [-0.25, -0.2) is 0 Å². The molecule has 0 saturated carbocycles. The number of hydrogen-bond acceptors (Lipinski definition) is 2. The monoisotopic (exact) mass is 261 g/mol. The van der Waals surface area contributed by atoms with Gasteiger partial charge in [0.05, 0.1) is 0 Å². The van der Waals surface area contributed by atoms with Gasteiger partial charge in [0.25, 0.3) is 0 Å². The fraction of sp³-hybridized carbons (Fsp3) is 0.588. The summed E-state index contributed by atoms with van der Waals surface area (Å²) in [6.45, 7) is 9.17. The molecular formula is C17H27NO. The summed E-state index contributed by atoms with van der Waals surface area (Å²) in [5.74, 6) is 1.41. The fourth-order valence-corrected chi connectivity index (χ4v) is 2.51. The third kappa shape index (κ3) is 4.79. The Morgan fingerprint density at radius 3 is 2.47 bits per heavy atom. The van der Waals surface area contributed by atoms with Gasteiger partial charge in [-0.3, -0.25) is 4.79 Å². The smallest absolute Gasteiger partial charge is 0.163 e. The molecule has 0 fully saturated rings. The minimum absolute atomic E-state index is 0.267. The average Bonchev–Trinajstić information content (AvgIpc) is 2.36. The van der Waals surface area contributed by atoms with E-state index >= 15 is 0 Å². The normalized spacial score (nSPS) is 12.7. The van der Waals surface area contributed by atoms with E-state index in [1.54, 1.807) is 0 Å². The molecule has 1 aromatic rings. The lowest BCUT2D eigenvalue weighted by Gasteiger charge is -2.19. The van der Waals surface area contributed by atoms with Gasteiger partial charge in [0.1, 0.15) is 0 Å². The van der Waals surface area contributed by atoms with Crippen molar-refractivity contribution in [2.24, 2.45) is 17.6 Å². The maximum Gasteiger partial charge on any atom is 0.163 e. The van der Waals surface area contributed by atoms with Crippen molar-refractivity contribution in [3.05, 3.63) is 34.9 Å². The van der Waals surface area contributed by atoms with Crippen molar-refractivity contribution in [2.45, 2.75) is 47.0 Å². The lowest BCUT2D eigenvalue weighted by Crippen LogP contribution is -2.16. The molecule has 0 aromatic heterocycles. The van der Waals surface area contributed by atoms with Crippen LogP contribution in [-0.2, 0) is 0 Å². The quantitative estimate of drug-likeness (QED) is 0.757. The summed E-state index contributed by atoms with van der Waals surface area (Å²) < 4.78 is 0. The highest BCUT2D eigenvalue weighted by molar-refractivity contribution is 5.97. The summed E-state index contributed by atoms with van der Waals surface area (Å²) in [7, 11) is 0. The first-order valence-electron chi connectivity index (χ1n) is 7.26. The van der Waals surface area contributed by atoms with Crippen molar-refractivity contribution >= 4 is 5.78 Å². The van der Waals surface area contributed by atoms with Crippen LogP contribution in [-0.4, -0.2) is 12.3 Å². The van der Waals surface area contributed by atoms with Crippen molar-refractivity contribution in [2.75, 3.05) is 6.54 Å². The SMILES string of the molecule is Cc1ccc(C)c(C(=O)CCC(CCN)C(C)C)c1. The molecular weight excluding hydrogens is 234 g/mol. The second kappa shape index (κ2) is 7.44. The molecule has 0 saturated heterocycles. The van der Waals surface area contributed by atoms with Gasteiger partial charge in [0.15, 0.2) is 5.78 Å². The first kappa shape index (κ1) is 15.9. The maximum atomic E-state index is 12.3. The van der Waals surface area contributed by atoms with Gasteiger partial charge in [-0.1, -0.05) is 31.5 Å². The number of benzene rings is 1. The number of nitrogens with two attached hydrogens (primary N) is 1. The number of hydrogen-bond donors (Lipinski definition) is 1. The van der Waals surface area contributed by atoms with Gasteiger partial charge in [0.2, 0.25) is 0 Å². The number of ketones is 1. The minimum Gasteiger partial charge on any atom is -0.330 e.